The summed E-state index contributed by atoms with van der Waals surface area (Å²) in [5.41, 5.74) is 1.14. The molecule has 88 valence electrons. The lowest BCUT2D eigenvalue weighted by atomic mass is 9.94. The first-order valence-corrected chi connectivity index (χ1v) is 5.64. The standard InChI is InChI=1S/C13H16F2O/c1-7(2)10-5-4-9-6-8(3)11(14)12(15)13(9)16-10/h6-7,10H,4-5H2,1-3H3. The van der Waals surface area contributed by atoms with Gasteiger partial charge in [0.05, 0.1) is 0 Å². The van der Waals surface area contributed by atoms with Crippen molar-refractivity contribution in [3.05, 3.63) is 28.8 Å². The molecule has 0 radical (unpaired) electrons. The van der Waals surface area contributed by atoms with Crippen molar-refractivity contribution in [1.82, 2.24) is 0 Å². The average molecular weight is 226 g/mol. The van der Waals surface area contributed by atoms with Gasteiger partial charge in [0.25, 0.3) is 0 Å². The Balaban J connectivity index is 2.41. The third kappa shape index (κ3) is 1.79. The van der Waals surface area contributed by atoms with Gasteiger partial charge in [0.2, 0.25) is 5.82 Å². The maximum atomic E-state index is 13.7. The average Bonchev–Trinajstić information content (AvgIpc) is 2.25. The van der Waals surface area contributed by atoms with Crippen LogP contribution in [0.1, 0.15) is 31.4 Å². The summed E-state index contributed by atoms with van der Waals surface area (Å²) >= 11 is 0. The van der Waals surface area contributed by atoms with Crippen molar-refractivity contribution in [2.75, 3.05) is 0 Å². The molecule has 0 bridgehead atoms. The molecule has 1 atom stereocenters. The molecule has 1 heterocycles. The highest BCUT2D eigenvalue weighted by atomic mass is 19.2. The summed E-state index contributed by atoms with van der Waals surface area (Å²) in [6, 6.07) is 1.68. The number of rotatable bonds is 1. The first-order valence-electron chi connectivity index (χ1n) is 5.64. The molecule has 0 aromatic heterocycles. The Morgan fingerprint density at radius 3 is 2.62 bits per heavy atom. The smallest absolute Gasteiger partial charge is 0.201 e. The van der Waals surface area contributed by atoms with Crippen LogP contribution in [0.3, 0.4) is 0 Å². The zero-order valence-electron chi connectivity index (χ0n) is 9.81. The first-order chi connectivity index (χ1) is 7.50. The summed E-state index contributed by atoms with van der Waals surface area (Å²) in [5.74, 6) is -1.19. The van der Waals surface area contributed by atoms with E-state index < -0.39 is 11.6 Å². The van der Waals surface area contributed by atoms with E-state index in [2.05, 4.69) is 0 Å². The predicted molar refractivity (Wildman–Crippen MR) is 58.7 cm³/mol. The minimum absolute atomic E-state index is 0.0101. The van der Waals surface area contributed by atoms with E-state index in [1.165, 1.54) is 0 Å². The highest BCUT2D eigenvalue weighted by Gasteiger charge is 2.27. The molecular weight excluding hydrogens is 210 g/mol. The second-order valence-electron chi connectivity index (χ2n) is 4.75. The number of halogens is 2. The number of benzene rings is 1. The lowest BCUT2D eigenvalue weighted by Crippen LogP contribution is -2.28. The molecule has 2 rings (SSSR count). The topological polar surface area (TPSA) is 9.23 Å². The van der Waals surface area contributed by atoms with Crippen LogP contribution in [0.15, 0.2) is 6.07 Å². The molecule has 0 spiro atoms. The molecular formula is C13H16F2O. The fraction of sp³-hybridized carbons (Fsp3) is 0.538. The third-order valence-electron chi connectivity index (χ3n) is 3.13. The molecule has 1 aliphatic rings. The zero-order valence-corrected chi connectivity index (χ0v) is 9.81. The molecule has 0 saturated heterocycles. The quantitative estimate of drug-likeness (QED) is 0.710. The molecule has 0 amide bonds. The summed E-state index contributed by atoms with van der Waals surface area (Å²) in [6.45, 7) is 5.63. The number of aryl methyl sites for hydroxylation is 2. The molecule has 1 nitrogen and oxygen atoms in total. The van der Waals surface area contributed by atoms with Crippen LogP contribution in [-0.2, 0) is 6.42 Å². The number of hydrogen-bond acceptors (Lipinski definition) is 1. The summed E-state index contributed by atoms with van der Waals surface area (Å²) in [5, 5.41) is 0. The van der Waals surface area contributed by atoms with E-state index in [-0.39, 0.29) is 11.9 Å². The van der Waals surface area contributed by atoms with E-state index in [0.717, 1.165) is 18.4 Å². The Hall–Kier alpha value is -1.12. The lowest BCUT2D eigenvalue weighted by Gasteiger charge is -2.29. The maximum absolute atomic E-state index is 13.7. The third-order valence-corrected chi connectivity index (χ3v) is 3.13. The number of ether oxygens (including phenoxy) is 1. The molecule has 1 aromatic carbocycles. The van der Waals surface area contributed by atoms with E-state index in [1.807, 2.05) is 13.8 Å². The zero-order chi connectivity index (χ0) is 11.9. The van der Waals surface area contributed by atoms with Crippen LogP contribution in [-0.4, -0.2) is 6.10 Å². The van der Waals surface area contributed by atoms with Crippen molar-refractivity contribution in [2.24, 2.45) is 5.92 Å². The Labute approximate surface area is 94.4 Å². The van der Waals surface area contributed by atoms with E-state index >= 15 is 0 Å². The summed E-state index contributed by atoms with van der Waals surface area (Å²) < 4.78 is 32.6. The van der Waals surface area contributed by atoms with Gasteiger partial charge in [-0.05, 0) is 42.9 Å². The van der Waals surface area contributed by atoms with Gasteiger partial charge in [-0.2, -0.15) is 4.39 Å². The van der Waals surface area contributed by atoms with Gasteiger partial charge < -0.3 is 4.74 Å². The normalized spacial score (nSPS) is 19.5. The van der Waals surface area contributed by atoms with Gasteiger partial charge in [-0.1, -0.05) is 13.8 Å². The summed E-state index contributed by atoms with van der Waals surface area (Å²) in [4.78, 5) is 0. The number of hydrogen-bond donors (Lipinski definition) is 0. The largest absolute Gasteiger partial charge is 0.487 e. The highest BCUT2D eigenvalue weighted by Crippen LogP contribution is 2.35. The molecule has 1 aliphatic heterocycles. The van der Waals surface area contributed by atoms with E-state index in [4.69, 9.17) is 4.74 Å². The van der Waals surface area contributed by atoms with Crippen LogP contribution in [0.2, 0.25) is 0 Å². The van der Waals surface area contributed by atoms with Gasteiger partial charge in [-0.15, -0.1) is 0 Å². The highest BCUT2D eigenvalue weighted by molar-refractivity contribution is 5.41. The molecule has 0 fully saturated rings. The van der Waals surface area contributed by atoms with Crippen LogP contribution in [0.5, 0.6) is 5.75 Å². The minimum atomic E-state index is -0.833. The van der Waals surface area contributed by atoms with Crippen LogP contribution < -0.4 is 4.74 Å². The molecule has 3 heteroatoms. The van der Waals surface area contributed by atoms with E-state index in [0.29, 0.717) is 11.5 Å². The first kappa shape index (κ1) is 11.4. The molecule has 1 aromatic rings. The predicted octanol–water partition coefficient (Wildman–Crippen LogP) is 3.62. The van der Waals surface area contributed by atoms with Gasteiger partial charge >= 0.3 is 0 Å². The van der Waals surface area contributed by atoms with Crippen molar-refractivity contribution in [3.8, 4) is 5.75 Å². The maximum Gasteiger partial charge on any atom is 0.201 e. The van der Waals surface area contributed by atoms with Crippen molar-refractivity contribution in [2.45, 2.75) is 39.7 Å². The second kappa shape index (κ2) is 4.04. The van der Waals surface area contributed by atoms with Gasteiger partial charge in [-0.25, -0.2) is 4.39 Å². The Morgan fingerprint density at radius 2 is 2.00 bits per heavy atom. The second-order valence-corrected chi connectivity index (χ2v) is 4.75. The van der Waals surface area contributed by atoms with Gasteiger partial charge in [-0.3, -0.25) is 0 Å². The summed E-state index contributed by atoms with van der Waals surface area (Å²) in [6.07, 6.45) is 1.62. The van der Waals surface area contributed by atoms with Crippen molar-refractivity contribution < 1.29 is 13.5 Å². The Kier molecular flexibility index (Phi) is 2.87. The molecule has 0 N–H and O–H groups in total. The fourth-order valence-electron chi connectivity index (χ4n) is 2.09. The SMILES string of the molecule is Cc1cc2c(c(F)c1F)OC(C(C)C)CC2. The van der Waals surface area contributed by atoms with Gasteiger partial charge in [0.15, 0.2) is 11.6 Å². The number of fused-ring (bicyclic) bond motifs is 1. The van der Waals surface area contributed by atoms with E-state index in [9.17, 15) is 8.78 Å². The molecule has 1 unspecified atom stereocenters. The monoisotopic (exact) mass is 226 g/mol. The fourth-order valence-corrected chi connectivity index (χ4v) is 2.09. The van der Waals surface area contributed by atoms with Crippen molar-refractivity contribution in [1.29, 1.82) is 0 Å². The van der Waals surface area contributed by atoms with E-state index in [1.54, 1.807) is 13.0 Å². The van der Waals surface area contributed by atoms with Gasteiger partial charge in [0, 0.05) is 0 Å². The molecule has 16 heavy (non-hydrogen) atoms. The summed E-state index contributed by atoms with van der Waals surface area (Å²) in [7, 11) is 0. The van der Waals surface area contributed by atoms with Gasteiger partial charge in [0.1, 0.15) is 6.10 Å². The van der Waals surface area contributed by atoms with Crippen LogP contribution in [0, 0.1) is 24.5 Å². The minimum Gasteiger partial charge on any atom is -0.487 e. The molecule has 0 aliphatic carbocycles. The van der Waals surface area contributed by atoms with Crippen molar-refractivity contribution in [3.63, 3.8) is 0 Å². The Morgan fingerprint density at radius 1 is 1.31 bits per heavy atom. The van der Waals surface area contributed by atoms with Crippen molar-refractivity contribution >= 4 is 0 Å². The van der Waals surface area contributed by atoms with Crippen LogP contribution >= 0.6 is 0 Å². The van der Waals surface area contributed by atoms with Crippen LogP contribution in [0.4, 0.5) is 8.78 Å². The van der Waals surface area contributed by atoms with Crippen LogP contribution in [0.25, 0.3) is 0 Å². The Bertz CT molecular complexity index is 413. The lowest BCUT2D eigenvalue weighted by molar-refractivity contribution is 0.119. The molecule has 0 saturated carbocycles.